The average Bonchev–Trinajstić information content (AvgIpc) is 3.42. The van der Waals surface area contributed by atoms with Crippen LogP contribution in [0.3, 0.4) is 0 Å². The highest BCUT2D eigenvalue weighted by Crippen LogP contribution is 2.35. The molecule has 9 heteroatoms. The van der Waals surface area contributed by atoms with Crippen molar-refractivity contribution in [3.8, 4) is 0 Å². The van der Waals surface area contributed by atoms with Gasteiger partial charge in [0.1, 0.15) is 23.3 Å². The van der Waals surface area contributed by atoms with E-state index in [2.05, 4.69) is 31.8 Å². The number of hydrogen-bond donors (Lipinski definition) is 1. The molecular weight excluding hydrogens is 417 g/mol. The molecule has 0 spiro atoms. The lowest BCUT2D eigenvalue weighted by atomic mass is 9.92. The summed E-state index contributed by atoms with van der Waals surface area (Å²) in [5.74, 6) is -3.89. The maximum Gasteiger partial charge on any atom is 0.279 e. The summed E-state index contributed by atoms with van der Waals surface area (Å²) in [7, 11) is 0. The van der Waals surface area contributed by atoms with Crippen LogP contribution in [0.5, 0.6) is 0 Å². The smallest absolute Gasteiger partial charge is 0.279 e. The van der Waals surface area contributed by atoms with Crippen LogP contribution in [-0.2, 0) is 12.5 Å². The highest BCUT2D eigenvalue weighted by molar-refractivity contribution is 5.92. The fraction of sp³-hybridized carbons (Fsp3) is 0.348. The summed E-state index contributed by atoms with van der Waals surface area (Å²) in [6.45, 7) is 5.43. The quantitative estimate of drug-likeness (QED) is 0.438. The minimum atomic E-state index is -3.26. The minimum Gasteiger partial charge on any atom is -0.346 e. The molecule has 1 saturated heterocycles. The lowest BCUT2D eigenvalue weighted by Crippen LogP contribution is -2.32. The monoisotopic (exact) mass is 440 g/mol. The second-order valence-electron chi connectivity index (χ2n) is 8.31. The van der Waals surface area contributed by atoms with Crippen LogP contribution in [-0.4, -0.2) is 42.8 Å². The fourth-order valence-corrected chi connectivity index (χ4v) is 4.56. The molecular formula is C23H23F3N6. The molecule has 1 aliphatic rings. The van der Waals surface area contributed by atoms with Crippen LogP contribution >= 0.6 is 0 Å². The van der Waals surface area contributed by atoms with Crippen molar-refractivity contribution < 1.29 is 13.2 Å². The Morgan fingerprint density at radius 3 is 2.81 bits per heavy atom. The number of nitrogens with one attached hydrogen (secondary N) is 1. The van der Waals surface area contributed by atoms with Gasteiger partial charge in [0, 0.05) is 30.5 Å². The summed E-state index contributed by atoms with van der Waals surface area (Å²) in [6, 6.07) is 5.98. The first-order valence-electron chi connectivity index (χ1n) is 10.6. The first-order valence-corrected chi connectivity index (χ1v) is 10.6. The van der Waals surface area contributed by atoms with Gasteiger partial charge in [0.2, 0.25) is 0 Å². The van der Waals surface area contributed by atoms with Crippen LogP contribution in [0, 0.1) is 5.82 Å². The first-order chi connectivity index (χ1) is 15.5. The molecule has 0 saturated carbocycles. The maximum absolute atomic E-state index is 14.3. The Labute approximate surface area is 182 Å². The van der Waals surface area contributed by atoms with E-state index >= 15 is 0 Å². The van der Waals surface area contributed by atoms with E-state index in [9.17, 15) is 13.2 Å². The number of piperidine rings is 1. The molecule has 5 rings (SSSR count). The Balaban J connectivity index is 1.30. The third-order valence-electron chi connectivity index (χ3n) is 6.20. The molecule has 0 atom stereocenters. The largest absolute Gasteiger partial charge is 0.346 e. The van der Waals surface area contributed by atoms with Crippen molar-refractivity contribution >= 4 is 16.6 Å². The van der Waals surface area contributed by atoms with E-state index in [4.69, 9.17) is 0 Å². The molecule has 4 heterocycles. The Morgan fingerprint density at radius 2 is 2.03 bits per heavy atom. The van der Waals surface area contributed by atoms with E-state index in [1.54, 1.807) is 16.9 Å². The number of alkyl halides is 2. The van der Waals surface area contributed by atoms with Crippen molar-refractivity contribution in [1.29, 1.82) is 0 Å². The van der Waals surface area contributed by atoms with E-state index in [0.717, 1.165) is 60.3 Å². The maximum atomic E-state index is 14.3. The summed E-state index contributed by atoms with van der Waals surface area (Å²) in [5.41, 5.74) is 2.85. The number of rotatable bonds is 6. The van der Waals surface area contributed by atoms with Crippen molar-refractivity contribution in [3.63, 3.8) is 0 Å². The summed E-state index contributed by atoms with van der Waals surface area (Å²) in [6.07, 6.45) is 5.80. The third-order valence-corrected chi connectivity index (χ3v) is 6.20. The highest BCUT2D eigenvalue weighted by Gasteiger charge is 2.33. The van der Waals surface area contributed by atoms with E-state index in [-0.39, 0.29) is 5.92 Å². The Morgan fingerprint density at radius 1 is 1.22 bits per heavy atom. The molecule has 166 valence electrons. The van der Waals surface area contributed by atoms with Crippen LogP contribution in [0.4, 0.5) is 13.2 Å². The van der Waals surface area contributed by atoms with Crippen LogP contribution in [0.1, 0.15) is 42.0 Å². The number of hydrogen-bond acceptors (Lipinski definition) is 4. The lowest BCUT2D eigenvalue weighted by molar-refractivity contribution is -0.00451. The molecule has 0 unspecified atom stereocenters. The number of halogens is 3. The topological polar surface area (TPSA) is 62.1 Å². The summed E-state index contributed by atoms with van der Waals surface area (Å²) in [5, 5.41) is 9.66. The van der Waals surface area contributed by atoms with Gasteiger partial charge >= 0.3 is 0 Å². The van der Waals surface area contributed by atoms with Gasteiger partial charge in [-0.3, -0.25) is 4.90 Å². The number of fused-ring (bicyclic) bond motifs is 3. The van der Waals surface area contributed by atoms with Gasteiger partial charge in [0.15, 0.2) is 0 Å². The molecule has 1 N–H and O–H groups in total. The molecule has 1 aromatic carbocycles. The first kappa shape index (κ1) is 20.7. The SMILES string of the molecule is C=CCC(F)(F)c1cc(CN2CCC(c3nnn4cnc5[nH]ccc5c34)CC2)ccc1F. The van der Waals surface area contributed by atoms with Gasteiger partial charge < -0.3 is 4.98 Å². The fourth-order valence-electron chi connectivity index (χ4n) is 4.56. The van der Waals surface area contributed by atoms with Crippen molar-refractivity contribution in [2.45, 2.75) is 37.6 Å². The number of H-pyrrole nitrogens is 1. The van der Waals surface area contributed by atoms with Gasteiger partial charge in [-0.15, -0.1) is 11.7 Å². The van der Waals surface area contributed by atoms with Gasteiger partial charge in [0.25, 0.3) is 5.92 Å². The number of allylic oxidation sites excluding steroid dienone is 1. The molecule has 4 aromatic rings. The van der Waals surface area contributed by atoms with Crippen LogP contribution in [0.15, 0.2) is 49.4 Å². The molecule has 0 bridgehead atoms. The van der Waals surface area contributed by atoms with Gasteiger partial charge in [-0.05, 0) is 49.7 Å². The summed E-state index contributed by atoms with van der Waals surface area (Å²) in [4.78, 5) is 9.67. The van der Waals surface area contributed by atoms with Crippen molar-refractivity contribution in [2.24, 2.45) is 0 Å². The molecule has 6 nitrogen and oxygen atoms in total. The average molecular weight is 440 g/mol. The van der Waals surface area contributed by atoms with E-state index in [1.165, 1.54) is 6.07 Å². The normalized spacial score (nSPS) is 16.2. The van der Waals surface area contributed by atoms with Gasteiger partial charge in [0.05, 0.1) is 11.3 Å². The zero-order valence-corrected chi connectivity index (χ0v) is 17.4. The van der Waals surface area contributed by atoms with Gasteiger partial charge in [-0.25, -0.2) is 22.7 Å². The van der Waals surface area contributed by atoms with Crippen LogP contribution < -0.4 is 0 Å². The summed E-state index contributed by atoms with van der Waals surface area (Å²) < 4.78 is 44.3. The van der Waals surface area contributed by atoms with Crippen molar-refractivity contribution in [2.75, 3.05) is 13.1 Å². The van der Waals surface area contributed by atoms with Crippen LogP contribution in [0.25, 0.3) is 16.6 Å². The predicted molar refractivity (Wildman–Crippen MR) is 115 cm³/mol. The van der Waals surface area contributed by atoms with Gasteiger partial charge in [-0.2, -0.15) is 0 Å². The molecule has 0 amide bonds. The number of aromatic amines is 1. The van der Waals surface area contributed by atoms with Crippen molar-refractivity contribution in [3.05, 3.63) is 72.1 Å². The number of aromatic nitrogens is 5. The second kappa shape index (κ2) is 8.05. The van der Waals surface area contributed by atoms with Gasteiger partial charge in [-0.1, -0.05) is 17.4 Å². The number of benzene rings is 1. The molecule has 1 aliphatic heterocycles. The number of likely N-dealkylation sites (tertiary alicyclic amines) is 1. The molecule has 0 aliphatic carbocycles. The Bertz CT molecular complexity index is 1270. The van der Waals surface area contributed by atoms with E-state index in [0.29, 0.717) is 12.1 Å². The molecule has 32 heavy (non-hydrogen) atoms. The number of nitrogens with zero attached hydrogens (tertiary/aromatic N) is 5. The Kier molecular flexibility index (Phi) is 5.21. The predicted octanol–water partition coefficient (Wildman–Crippen LogP) is 4.79. The molecule has 3 aromatic heterocycles. The van der Waals surface area contributed by atoms with Crippen LogP contribution in [0.2, 0.25) is 0 Å². The Hall–Kier alpha value is -3.20. The highest BCUT2D eigenvalue weighted by atomic mass is 19.3. The van der Waals surface area contributed by atoms with E-state index < -0.39 is 23.7 Å². The molecule has 1 fully saturated rings. The zero-order chi connectivity index (χ0) is 22.3. The summed E-state index contributed by atoms with van der Waals surface area (Å²) >= 11 is 0. The van der Waals surface area contributed by atoms with Crippen molar-refractivity contribution in [1.82, 2.24) is 29.7 Å². The molecule has 0 radical (unpaired) electrons. The van der Waals surface area contributed by atoms with E-state index in [1.807, 2.05) is 12.3 Å². The lowest BCUT2D eigenvalue weighted by Gasteiger charge is -2.31. The minimum absolute atomic E-state index is 0.255. The third kappa shape index (κ3) is 3.66. The standard InChI is InChI=1S/C23H23F3N6/c1-2-8-23(25,26)18-12-15(3-4-19(18)24)13-31-10-6-16(7-11-31)20-21-17-5-9-27-22(17)28-14-32(21)30-29-20/h2-5,9,12,14,16,27H,1,6-8,10-11,13H2. The second-order valence-corrected chi connectivity index (χ2v) is 8.31. The zero-order valence-electron chi connectivity index (χ0n) is 17.4.